The van der Waals surface area contributed by atoms with Crippen molar-refractivity contribution in [3.8, 4) is 0 Å². The maximum Gasteiger partial charge on any atom is 0.311 e. The number of halogens is 1. The van der Waals surface area contributed by atoms with Gasteiger partial charge >= 0.3 is 11.8 Å². The molecule has 0 saturated carbocycles. The summed E-state index contributed by atoms with van der Waals surface area (Å²) in [7, 11) is 0. The van der Waals surface area contributed by atoms with Crippen LogP contribution in [0.1, 0.15) is 5.56 Å². The Labute approximate surface area is 118 Å². The molecule has 0 unspecified atom stereocenters. The lowest BCUT2D eigenvalue weighted by Gasteiger charge is -2.34. The molecular formula is C13H18ClN3O2. The molecule has 1 aromatic rings. The summed E-state index contributed by atoms with van der Waals surface area (Å²) in [6, 6.07) is 10.2. The molecule has 2 N–H and O–H groups in total. The number of carbonyl (C=O) groups is 2. The standard InChI is InChI=1S/C13H17N3O2.ClH/c14-12(17)13(18)16-8-6-15(7-9-16)10-11-4-2-1-3-5-11;/h1-5H,6-10H2,(H2,14,17);1H. The van der Waals surface area contributed by atoms with Gasteiger partial charge in [0.15, 0.2) is 0 Å². The number of carbonyl (C=O) groups excluding carboxylic acids is 2. The molecular weight excluding hydrogens is 266 g/mol. The highest BCUT2D eigenvalue weighted by molar-refractivity contribution is 6.34. The molecule has 5 nitrogen and oxygen atoms in total. The van der Waals surface area contributed by atoms with Gasteiger partial charge in [0, 0.05) is 32.7 Å². The van der Waals surface area contributed by atoms with Crippen LogP contribution in [0.4, 0.5) is 0 Å². The number of amides is 2. The number of piperazine rings is 1. The molecule has 2 amide bonds. The number of nitrogens with two attached hydrogens (primary N) is 1. The van der Waals surface area contributed by atoms with E-state index in [-0.39, 0.29) is 12.4 Å². The van der Waals surface area contributed by atoms with Gasteiger partial charge in [0.25, 0.3) is 0 Å². The number of hydrogen-bond acceptors (Lipinski definition) is 3. The van der Waals surface area contributed by atoms with Crippen molar-refractivity contribution in [2.24, 2.45) is 5.73 Å². The maximum atomic E-state index is 11.4. The van der Waals surface area contributed by atoms with Gasteiger partial charge in [0.2, 0.25) is 0 Å². The van der Waals surface area contributed by atoms with Crippen molar-refractivity contribution in [1.82, 2.24) is 9.80 Å². The van der Waals surface area contributed by atoms with E-state index in [2.05, 4.69) is 17.0 Å². The molecule has 1 fully saturated rings. The zero-order chi connectivity index (χ0) is 13.0. The monoisotopic (exact) mass is 283 g/mol. The molecule has 0 atom stereocenters. The molecule has 6 heteroatoms. The fourth-order valence-electron chi connectivity index (χ4n) is 2.11. The van der Waals surface area contributed by atoms with Gasteiger partial charge in [-0.25, -0.2) is 0 Å². The molecule has 2 rings (SSSR count). The highest BCUT2D eigenvalue weighted by Crippen LogP contribution is 2.08. The van der Waals surface area contributed by atoms with Gasteiger partial charge in [-0.05, 0) is 5.56 Å². The van der Waals surface area contributed by atoms with Crippen molar-refractivity contribution in [3.05, 3.63) is 35.9 Å². The summed E-state index contributed by atoms with van der Waals surface area (Å²) in [5.74, 6) is -1.44. The van der Waals surface area contributed by atoms with Gasteiger partial charge in [0.05, 0.1) is 0 Å². The topological polar surface area (TPSA) is 66.6 Å². The maximum absolute atomic E-state index is 11.4. The highest BCUT2D eigenvalue weighted by Gasteiger charge is 2.23. The van der Waals surface area contributed by atoms with Gasteiger partial charge < -0.3 is 10.6 Å². The molecule has 0 bridgehead atoms. The summed E-state index contributed by atoms with van der Waals surface area (Å²) >= 11 is 0. The fourth-order valence-corrected chi connectivity index (χ4v) is 2.11. The average molecular weight is 284 g/mol. The van der Waals surface area contributed by atoms with Crippen LogP contribution in [-0.4, -0.2) is 47.8 Å². The number of nitrogens with zero attached hydrogens (tertiary/aromatic N) is 2. The minimum absolute atomic E-state index is 0. The van der Waals surface area contributed by atoms with Crippen molar-refractivity contribution in [2.45, 2.75) is 6.54 Å². The van der Waals surface area contributed by atoms with Crippen LogP contribution in [0.5, 0.6) is 0 Å². The second-order valence-corrected chi connectivity index (χ2v) is 4.42. The van der Waals surface area contributed by atoms with Crippen molar-refractivity contribution in [1.29, 1.82) is 0 Å². The van der Waals surface area contributed by atoms with Crippen molar-refractivity contribution in [2.75, 3.05) is 26.2 Å². The normalized spacial score (nSPS) is 15.7. The molecule has 0 aliphatic carbocycles. The van der Waals surface area contributed by atoms with Crippen LogP contribution in [0.15, 0.2) is 30.3 Å². The first-order valence-corrected chi connectivity index (χ1v) is 6.02. The summed E-state index contributed by atoms with van der Waals surface area (Å²) in [5, 5.41) is 0. The molecule has 0 spiro atoms. The van der Waals surface area contributed by atoms with E-state index in [1.54, 1.807) is 0 Å². The van der Waals surface area contributed by atoms with E-state index in [0.717, 1.165) is 19.6 Å². The molecule has 104 valence electrons. The first-order chi connectivity index (χ1) is 8.66. The Morgan fingerprint density at radius 3 is 2.16 bits per heavy atom. The average Bonchev–Trinajstić information content (AvgIpc) is 2.40. The van der Waals surface area contributed by atoms with Crippen molar-refractivity contribution < 1.29 is 9.59 Å². The van der Waals surface area contributed by atoms with Crippen LogP contribution in [0.2, 0.25) is 0 Å². The minimum Gasteiger partial charge on any atom is -0.361 e. The van der Waals surface area contributed by atoms with E-state index in [1.165, 1.54) is 10.5 Å². The summed E-state index contributed by atoms with van der Waals surface area (Å²) in [6.07, 6.45) is 0. The minimum atomic E-state index is -0.869. The van der Waals surface area contributed by atoms with Gasteiger partial charge in [-0.3, -0.25) is 14.5 Å². The molecule has 19 heavy (non-hydrogen) atoms. The SMILES string of the molecule is Cl.NC(=O)C(=O)N1CCN(Cc2ccccc2)CC1. The second-order valence-electron chi connectivity index (χ2n) is 4.42. The Balaban J connectivity index is 0.00000180. The number of benzene rings is 1. The quantitative estimate of drug-likeness (QED) is 0.791. The van der Waals surface area contributed by atoms with E-state index in [1.807, 2.05) is 18.2 Å². The smallest absolute Gasteiger partial charge is 0.311 e. The predicted octanol–water partition coefficient (Wildman–Crippen LogP) is 0.238. The summed E-state index contributed by atoms with van der Waals surface area (Å²) < 4.78 is 0. The molecule has 1 aromatic carbocycles. The summed E-state index contributed by atoms with van der Waals surface area (Å²) in [5.41, 5.74) is 6.24. The van der Waals surface area contributed by atoms with Crippen LogP contribution in [0, 0.1) is 0 Å². The van der Waals surface area contributed by atoms with Gasteiger partial charge in [0.1, 0.15) is 0 Å². The van der Waals surface area contributed by atoms with Crippen LogP contribution in [0.25, 0.3) is 0 Å². The highest BCUT2D eigenvalue weighted by atomic mass is 35.5. The fraction of sp³-hybridized carbons (Fsp3) is 0.385. The zero-order valence-electron chi connectivity index (χ0n) is 10.6. The summed E-state index contributed by atoms with van der Waals surface area (Å²) in [6.45, 7) is 3.55. The van der Waals surface area contributed by atoms with E-state index >= 15 is 0 Å². The molecule has 1 aliphatic heterocycles. The third kappa shape index (κ3) is 4.22. The lowest BCUT2D eigenvalue weighted by atomic mass is 10.2. The molecule has 0 aromatic heterocycles. The number of rotatable bonds is 2. The first-order valence-electron chi connectivity index (χ1n) is 6.02. The Bertz CT molecular complexity index is 431. The lowest BCUT2D eigenvalue weighted by molar-refractivity contribution is -0.145. The van der Waals surface area contributed by atoms with Crippen LogP contribution in [-0.2, 0) is 16.1 Å². The molecule has 1 saturated heterocycles. The van der Waals surface area contributed by atoms with E-state index in [4.69, 9.17) is 5.73 Å². The zero-order valence-corrected chi connectivity index (χ0v) is 11.4. The first kappa shape index (κ1) is 15.5. The van der Waals surface area contributed by atoms with E-state index in [0.29, 0.717) is 13.1 Å². The number of hydrogen-bond donors (Lipinski definition) is 1. The summed E-state index contributed by atoms with van der Waals surface area (Å²) in [4.78, 5) is 26.0. The van der Waals surface area contributed by atoms with Crippen molar-refractivity contribution in [3.63, 3.8) is 0 Å². The predicted molar refractivity (Wildman–Crippen MR) is 74.7 cm³/mol. The Hall–Kier alpha value is -1.59. The Morgan fingerprint density at radius 1 is 1.05 bits per heavy atom. The number of primary amides is 1. The second kappa shape index (κ2) is 7.11. The van der Waals surface area contributed by atoms with Crippen molar-refractivity contribution >= 4 is 24.2 Å². The van der Waals surface area contributed by atoms with Crippen LogP contribution < -0.4 is 5.73 Å². The molecule has 0 radical (unpaired) electrons. The van der Waals surface area contributed by atoms with Crippen LogP contribution >= 0.6 is 12.4 Å². The largest absolute Gasteiger partial charge is 0.361 e. The van der Waals surface area contributed by atoms with Crippen LogP contribution in [0.3, 0.4) is 0 Å². The van der Waals surface area contributed by atoms with Gasteiger partial charge in [-0.2, -0.15) is 0 Å². The third-order valence-electron chi connectivity index (χ3n) is 3.12. The Morgan fingerprint density at radius 2 is 1.63 bits per heavy atom. The van der Waals surface area contributed by atoms with Gasteiger partial charge in [-0.1, -0.05) is 30.3 Å². The Kier molecular flexibility index (Phi) is 5.79. The molecule has 1 aliphatic rings. The molecule has 1 heterocycles. The van der Waals surface area contributed by atoms with E-state index in [9.17, 15) is 9.59 Å². The third-order valence-corrected chi connectivity index (χ3v) is 3.12. The lowest BCUT2D eigenvalue weighted by Crippen LogP contribution is -2.51. The van der Waals surface area contributed by atoms with Gasteiger partial charge in [-0.15, -0.1) is 12.4 Å². The van der Waals surface area contributed by atoms with E-state index < -0.39 is 11.8 Å².